The molecule has 0 fully saturated rings. The molecular formula is H3AlMgNaO8Si2. The maximum absolute atomic E-state index is 8.97. The zero-order valence-electron chi connectivity index (χ0n) is 5.63. The van der Waals surface area contributed by atoms with Crippen molar-refractivity contribution in [1.82, 2.24) is 0 Å². The summed E-state index contributed by atoms with van der Waals surface area (Å²) in [6, 6.07) is 0. The molecule has 8 nitrogen and oxygen atoms in total. The molecule has 0 amide bonds. The van der Waals surface area contributed by atoms with Crippen molar-refractivity contribution in [1.29, 1.82) is 0 Å². The molecule has 0 aliphatic rings. The molecule has 0 saturated heterocycles. The predicted octanol–water partition coefficient (Wildman–Crippen LogP) is -4.91. The van der Waals surface area contributed by atoms with Crippen molar-refractivity contribution in [3.05, 3.63) is 0 Å². The number of hydrogen-bond donors (Lipinski definition) is 2. The van der Waals surface area contributed by atoms with Gasteiger partial charge in [-0.3, -0.25) is 10.5 Å². The fourth-order valence-corrected chi connectivity index (χ4v) is 0. The molecular weight excluding hydrogens is 258 g/mol. The van der Waals surface area contributed by atoms with Gasteiger partial charge in [-0.15, -0.1) is 0 Å². The van der Waals surface area contributed by atoms with E-state index >= 15 is 0 Å². The molecule has 0 aromatic rings. The summed E-state index contributed by atoms with van der Waals surface area (Å²) in [6.45, 7) is 0. The maximum atomic E-state index is 8.97. The van der Waals surface area contributed by atoms with E-state index in [1.54, 1.807) is 0 Å². The molecule has 0 aromatic heterocycles. The van der Waals surface area contributed by atoms with Crippen LogP contribution in [0.1, 0.15) is 0 Å². The van der Waals surface area contributed by atoms with E-state index in [4.69, 9.17) is 29.0 Å². The molecule has 0 bridgehead atoms. The summed E-state index contributed by atoms with van der Waals surface area (Å²) in [7, 11) is -6.64. The first-order valence-corrected chi connectivity index (χ1v) is 4.04. The van der Waals surface area contributed by atoms with Gasteiger partial charge in [-0.2, -0.15) is 0 Å². The SMILES string of the molecule is O=[Si]([O-])OO.O=[Si]([O-])OO.[Al].[Mg+2].[NaH]. The third-order valence-electron chi connectivity index (χ3n) is 0.149. The summed E-state index contributed by atoms with van der Waals surface area (Å²) in [5.74, 6) is 0. The molecule has 0 atom stereocenters. The first-order valence-electron chi connectivity index (χ1n) is 1.59. The standard InChI is InChI=1S/Al.Mg.Na.2HO4Si.H/c;;;2*1-4-5(2)3;/h;;;2*1H;/q;+2;;2*-1;. The summed E-state index contributed by atoms with van der Waals surface area (Å²) < 4.78 is 23.4. The molecule has 0 rings (SSSR count). The van der Waals surface area contributed by atoms with Crippen LogP contribution in [-0.4, -0.2) is 98.8 Å². The van der Waals surface area contributed by atoms with Gasteiger partial charge in [-0.25, -0.2) is 0 Å². The second-order valence-electron chi connectivity index (χ2n) is 0.683. The van der Waals surface area contributed by atoms with Crippen molar-refractivity contribution in [2.75, 3.05) is 0 Å². The van der Waals surface area contributed by atoms with Crippen LogP contribution in [0.2, 0.25) is 0 Å². The molecule has 3 radical (unpaired) electrons. The van der Waals surface area contributed by atoms with Gasteiger partial charge in [0.05, 0.1) is 0 Å². The van der Waals surface area contributed by atoms with Gasteiger partial charge in [-0.1, -0.05) is 0 Å². The van der Waals surface area contributed by atoms with Crippen LogP contribution in [0.25, 0.3) is 0 Å². The third kappa shape index (κ3) is 59.3. The Labute approximate surface area is 125 Å². The van der Waals surface area contributed by atoms with E-state index in [-0.39, 0.29) is 70.0 Å². The fraction of sp³-hybridized carbons (Fsp3) is 0. The minimum absolute atomic E-state index is 0. The van der Waals surface area contributed by atoms with Crippen LogP contribution in [0.5, 0.6) is 0 Å². The Morgan fingerprint density at radius 3 is 1.08 bits per heavy atom. The van der Waals surface area contributed by atoms with Crippen molar-refractivity contribution in [3.63, 3.8) is 0 Å². The Hall–Kier alpha value is 1.45. The molecule has 13 heavy (non-hydrogen) atoms. The van der Waals surface area contributed by atoms with Gasteiger partial charge in [0.15, 0.2) is 0 Å². The fourth-order valence-electron chi connectivity index (χ4n) is 0. The van der Waals surface area contributed by atoms with Crippen LogP contribution in [0, 0.1) is 0 Å². The zero-order valence-corrected chi connectivity index (χ0v) is 10.2. The van der Waals surface area contributed by atoms with Crippen LogP contribution in [0.4, 0.5) is 0 Å². The Bertz CT molecular complexity index is 107. The van der Waals surface area contributed by atoms with Crippen molar-refractivity contribution >= 4 is 88.3 Å². The van der Waals surface area contributed by atoms with Crippen LogP contribution in [-0.2, 0) is 18.1 Å². The summed E-state index contributed by atoms with van der Waals surface area (Å²) in [5, 5.41) is 14.1. The van der Waals surface area contributed by atoms with E-state index in [0.29, 0.717) is 0 Å². The van der Waals surface area contributed by atoms with E-state index in [2.05, 4.69) is 9.15 Å². The molecule has 0 aromatic carbocycles. The summed E-state index contributed by atoms with van der Waals surface area (Å²) >= 11 is 0. The van der Waals surface area contributed by atoms with E-state index in [1.165, 1.54) is 0 Å². The average molecular weight is 261 g/mol. The topological polar surface area (TPSA) is 139 Å². The van der Waals surface area contributed by atoms with Gasteiger partial charge >= 0.3 is 71.0 Å². The molecule has 13 heteroatoms. The first-order chi connectivity index (χ1) is 4.54. The quantitative estimate of drug-likeness (QED) is 0.286. The average Bonchev–Trinajstić information content (AvgIpc) is 1.89. The van der Waals surface area contributed by atoms with Crippen molar-refractivity contribution in [2.24, 2.45) is 0 Å². The number of hydrogen-bond acceptors (Lipinski definition) is 8. The first kappa shape index (κ1) is 29.3. The molecule has 0 heterocycles. The van der Waals surface area contributed by atoms with Gasteiger partial charge in [0.25, 0.3) is 0 Å². The number of rotatable bonds is 2. The minimum atomic E-state index is -3.32. The zero-order chi connectivity index (χ0) is 8.57. The van der Waals surface area contributed by atoms with Gasteiger partial charge in [0.1, 0.15) is 0 Å². The van der Waals surface area contributed by atoms with E-state index in [0.717, 1.165) is 0 Å². The van der Waals surface area contributed by atoms with Gasteiger partial charge in [0, 0.05) is 17.4 Å². The summed E-state index contributed by atoms with van der Waals surface area (Å²) in [6.07, 6.45) is 0. The molecule has 2 N–H and O–H groups in total. The van der Waals surface area contributed by atoms with Gasteiger partial charge < -0.3 is 27.7 Å². The van der Waals surface area contributed by atoms with Crippen molar-refractivity contribution in [3.8, 4) is 0 Å². The molecule has 65 valence electrons. The second-order valence-corrected chi connectivity index (χ2v) is 2.05. The Morgan fingerprint density at radius 1 is 1.00 bits per heavy atom. The van der Waals surface area contributed by atoms with E-state index in [9.17, 15) is 0 Å². The van der Waals surface area contributed by atoms with Crippen LogP contribution in [0.15, 0.2) is 0 Å². The predicted molar refractivity (Wildman–Crippen MR) is 39.0 cm³/mol. The van der Waals surface area contributed by atoms with Crippen LogP contribution in [0.3, 0.4) is 0 Å². The van der Waals surface area contributed by atoms with Crippen molar-refractivity contribution < 1.29 is 38.2 Å². The molecule has 0 unspecified atom stereocenters. The molecule has 0 saturated carbocycles. The van der Waals surface area contributed by atoms with Crippen molar-refractivity contribution in [2.45, 2.75) is 0 Å². The monoisotopic (exact) mass is 261 g/mol. The van der Waals surface area contributed by atoms with Gasteiger partial charge in [-0.05, 0) is 0 Å². The Morgan fingerprint density at radius 2 is 1.08 bits per heavy atom. The molecule has 0 aliphatic heterocycles. The van der Waals surface area contributed by atoms with E-state index in [1.807, 2.05) is 0 Å². The Balaban J connectivity index is -0.0000000267. The Kier molecular flexibility index (Phi) is 52.6. The van der Waals surface area contributed by atoms with Crippen LogP contribution < -0.4 is 9.59 Å². The van der Waals surface area contributed by atoms with Crippen LogP contribution >= 0.6 is 0 Å². The summed E-state index contributed by atoms with van der Waals surface area (Å²) in [5.41, 5.74) is 0. The van der Waals surface area contributed by atoms with E-state index < -0.39 is 18.3 Å². The third-order valence-corrected chi connectivity index (χ3v) is 0.447. The summed E-state index contributed by atoms with van der Waals surface area (Å²) in [4.78, 5) is 17.9. The molecule has 0 aliphatic carbocycles. The second kappa shape index (κ2) is 23.3. The van der Waals surface area contributed by atoms with Gasteiger partial charge in [0.2, 0.25) is 0 Å². The normalized spacial score (nSPS) is 5.08. The molecule has 0 spiro atoms.